The molecular formula is C8H15N3. The lowest BCUT2D eigenvalue weighted by Crippen LogP contribution is -2.18. The maximum atomic E-state index is 4.18. The number of aromatic nitrogens is 2. The number of hydrogen-bond acceptors (Lipinski definition) is 2. The van der Waals surface area contributed by atoms with Gasteiger partial charge in [0.05, 0.1) is 12.7 Å². The van der Waals surface area contributed by atoms with E-state index in [2.05, 4.69) is 37.2 Å². The quantitative estimate of drug-likeness (QED) is 0.639. The van der Waals surface area contributed by atoms with Crippen LogP contribution in [0.3, 0.4) is 0 Å². The molecule has 0 unspecified atom stereocenters. The molecule has 0 fully saturated rings. The lowest BCUT2D eigenvalue weighted by molar-refractivity contribution is 0.373. The molecule has 0 aliphatic rings. The molecular weight excluding hydrogens is 138 g/mol. The minimum Gasteiger partial charge on any atom is -0.308 e. The zero-order valence-electron chi connectivity index (χ0n) is 7.41. The van der Waals surface area contributed by atoms with Crippen LogP contribution in [0.5, 0.6) is 0 Å². The molecule has 3 heteroatoms. The zero-order chi connectivity index (χ0) is 8.27. The summed E-state index contributed by atoms with van der Waals surface area (Å²) in [4.78, 5) is 2.15. The van der Waals surface area contributed by atoms with Crippen molar-refractivity contribution >= 4 is 0 Å². The van der Waals surface area contributed by atoms with Crippen LogP contribution in [0.1, 0.15) is 5.56 Å². The second-order valence-electron chi connectivity index (χ2n) is 3.08. The van der Waals surface area contributed by atoms with Gasteiger partial charge in [-0.05, 0) is 26.6 Å². The molecule has 1 aromatic rings. The monoisotopic (exact) mass is 153 g/mol. The van der Waals surface area contributed by atoms with Crippen LogP contribution in [-0.4, -0.2) is 35.3 Å². The largest absolute Gasteiger partial charge is 0.308 e. The Labute approximate surface area is 67.6 Å². The van der Waals surface area contributed by atoms with Gasteiger partial charge in [0, 0.05) is 12.7 Å². The van der Waals surface area contributed by atoms with Crippen molar-refractivity contribution in [3.63, 3.8) is 0 Å². The molecule has 0 saturated heterocycles. The zero-order valence-corrected chi connectivity index (χ0v) is 7.41. The smallest absolute Gasteiger partial charge is 0.0536 e. The number of likely N-dealkylation sites (N-methyl/N-ethyl adjacent to an activating group) is 1. The van der Waals surface area contributed by atoms with E-state index in [1.165, 1.54) is 5.56 Å². The van der Waals surface area contributed by atoms with E-state index in [1.807, 2.05) is 10.9 Å². The van der Waals surface area contributed by atoms with Gasteiger partial charge in [0.15, 0.2) is 0 Å². The molecule has 0 aliphatic carbocycles. The first-order valence-electron chi connectivity index (χ1n) is 3.82. The van der Waals surface area contributed by atoms with Gasteiger partial charge in [-0.25, -0.2) is 0 Å². The summed E-state index contributed by atoms with van der Waals surface area (Å²) in [5, 5.41) is 4.18. The van der Waals surface area contributed by atoms with E-state index in [-0.39, 0.29) is 0 Å². The van der Waals surface area contributed by atoms with Crippen LogP contribution in [0.25, 0.3) is 0 Å². The predicted octanol–water partition coefficient (Wildman–Crippen LogP) is 0.753. The summed E-state index contributed by atoms with van der Waals surface area (Å²) in [5.74, 6) is 0. The lowest BCUT2D eigenvalue weighted by atomic mass is 10.4. The summed E-state index contributed by atoms with van der Waals surface area (Å²) in [5.41, 5.74) is 1.23. The second-order valence-corrected chi connectivity index (χ2v) is 3.08. The van der Waals surface area contributed by atoms with Crippen LogP contribution in [-0.2, 0) is 6.54 Å². The third kappa shape index (κ3) is 2.72. The van der Waals surface area contributed by atoms with Crippen molar-refractivity contribution in [3.8, 4) is 0 Å². The SMILES string of the molecule is Cc1cnn(CCN(C)C)c1. The average Bonchev–Trinajstić information content (AvgIpc) is 2.31. The van der Waals surface area contributed by atoms with E-state index in [0.29, 0.717) is 0 Å². The van der Waals surface area contributed by atoms with Crippen molar-refractivity contribution in [3.05, 3.63) is 18.0 Å². The second kappa shape index (κ2) is 3.53. The first kappa shape index (κ1) is 8.27. The number of nitrogens with zero attached hydrogens (tertiary/aromatic N) is 3. The molecule has 1 rings (SSSR count). The van der Waals surface area contributed by atoms with E-state index < -0.39 is 0 Å². The van der Waals surface area contributed by atoms with Gasteiger partial charge < -0.3 is 4.90 Å². The van der Waals surface area contributed by atoms with Gasteiger partial charge in [-0.1, -0.05) is 0 Å². The third-order valence-electron chi connectivity index (χ3n) is 1.54. The molecule has 0 spiro atoms. The molecule has 0 aromatic carbocycles. The fraction of sp³-hybridized carbons (Fsp3) is 0.625. The fourth-order valence-corrected chi connectivity index (χ4v) is 0.892. The van der Waals surface area contributed by atoms with Crippen molar-refractivity contribution in [2.24, 2.45) is 0 Å². The highest BCUT2D eigenvalue weighted by Gasteiger charge is 1.93. The maximum Gasteiger partial charge on any atom is 0.0536 e. The molecule has 0 saturated carbocycles. The normalized spacial score (nSPS) is 10.9. The van der Waals surface area contributed by atoms with Crippen molar-refractivity contribution < 1.29 is 0 Å². The Bertz CT molecular complexity index is 215. The van der Waals surface area contributed by atoms with E-state index in [4.69, 9.17) is 0 Å². The molecule has 0 bridgehead atoms. The highest BCUT2D eigenvalue weighted by Crippen LogP contribution is 1.93. The standard InChI is InChI=1S/C8H15N3/c1-8-6-9-11(7-8)5-4-10(2)3/h6-7H,4-5H2,1-3H3. The highest BCUT2D eigenvalue weighted by atomic mass is 15.3. The van der Waals surface area contributed by atoms with Gasteiger partial charge in [-0.2, -0.15) is 5.10 Å². The Morgan fingerprint density at radius 1 is 1.55 bits per heavy atom. The Kier molecular flexibility index (Phi) is 2.65. The summed E-state index contributed by atoms with van der Waals surface area (Å²) in [6.45, 7) is 4.07. The molecule has 1 aromatic heterocycles. The van der Waals surface area contributed by atoms with E-state index >= 15 is 0 Å². The molecule has 3 nitrogen and oxygen atoms in total. The molecule has 62 valence electrons. The third-order valence-corrected chi connectivity index (χ3v) is 1.54. The Hall–Kier alpha value is -0.830. The van der Waals surface area contributed by atoms with Crippen LogP contribution in [0.4, 0.5) is 0 Å². The Morgan fingerprint density at radius 3 is 2.73 bits per heavy atom. The van der Waals surface area contributed by atoms with Gasteiger partial charge in [0.1, 0.15) is 0 Å². The first-order chi connectivity index (χ1) is 5.18. The summed E-state index contributed by atoms with van der Waals surface area (Å²) < 4.78 is 1.97. The summed E-state index contributed by atoms with van der Waals surface area (Å²) in [6, 6.07) is 0. The van der Waals surface area contributed by atoms with E-state index in [1.54, 1.807) is 0 Å². The van der Waals surface area contributed by atoms with Crippen molar-refractivity contribution in [1.82, 2.24) is 14.7 Å². The lowest BCUT2D eigenvalue weighted by Gasteiger charge is -2.08. The maximum absolute atomic E-state index is 4.18. The van der Waals surface area contributed by atoms with Crippen molar-refractivity contribution in [1.29, 1.82) is 0 Å². The molecule has 0 radical (unpaired) electrons. The number of rotatable bonds is 3. The fourth-order valence-electron chi connectivity index (χ4n) is 0.892. The van der Waals surface area contributed by atoms with E-state index in [0.717, 1.165) is 13.1 Å². The summed E-state index contributed by atoms with van der Waals surface area (Å²) in [7, 11) is 4.13. The predicted molar refractivity (Wildman–Crippen MR) is 45.5 cm³/mol. The molecule has 0 N–H and O–H groups in total. The number of aryl methyl sites for hydroxylation is 1. The van der Waals surface area contributed by atoms with Gasteiger partial charge in [0.2, 0.25) is 0 Å². The van der Waals surface area contributed by atoms with Gasteiger partial charge in [-0.15, -0.1) is 0 Å². The molecule has 0 amide bonds. The summed E-state index contributed by atoms with van der Waals surface area (Å²) >= 11 is 0. The molecule has 0 atom stereocenters. The van der Waals surface area contributed by atoms with Crippen LogP contribution in [0, 0.1) is 6.92 Å². The van der Waals surface area contributed by atoms with Gasteiger partial charge >= 0.3 is 0 Å². The first-order valence-corrected chi connectivity index (χ1v) is 3.82. The molecule has 0 aliphatic heterocycles. The minimum atomic E-state index is 0.973. The highest BCUT2D eigenvalue weighted by molar-refractivity contribution is 4.99. The van der Waals surface area contributed by atoms with Gasteiger partial charge in [-0.3, -0.25) is 4.68 Å². The summed E-state index contributed by atoms with van der Waals surface area (Å²) in [6.07, 6.45) is 3.94. The number of hydrogen-bond donors (Lipinski definition) is 0. The molecule has 11 heavy (non-hydrogen) atoms. The molecule has 1 heterocycles. The van der Waals surface area contributed by atoms with Crippen LogP contribution >= 0.6 is 0 Å². The minimum absolute atomic E-state index is 0.973. The van der Waals surface area contributed by atoms with Crippen molar-refractivity contribution in [2.45, 2.75) is 13.5 Å². The van der Waals surface area contributed by atoms with Gasteiger partial charge in [0.25, 0.3) is 0 Å². The van der Waals surface area contributed by atoms with Crippen molar-refractivity contribution in [2.75, 3.05) is 20.6 Å². The van der Waals surface area contributed by atoms with Crippen LogP contribution < -0.4 is 0 Å². The van der Waals surface area contributed by atoms with E-state index in [9.17, 15) is 0 Å². The van der Waals surface area contributed by atoms with Crippen LogP contribution in [0.2, 0.25) is 0 Å². The Morgan fingerprint density at radius 2 is 2.27 bits per heavy atom. The van der Waals surface area contributed by atoms with Crippen LogP contribution in [0.15, 0.2) is 12.4 Å². The average molecular weight is 153 g/mol. The topological polar surface area (TPSA) is 21.1 Å². The Balaban J connectivity index is 2.39.